The first-order chi connectivity index (χ1) is 15.9. The van der Waals surface area contributed by atoms with Crippen molar-refractivity contribution in [3.63, 3.8) is 0 Å². The fourth-order valence-electron chi connectivity index (χ4n) is 4.89. The van der Waals surface area contributed by atoms with Gasteiger partial charge in [0.05, 0.1) is 15.9 Å². The fraction of sp³-hybridized carbons (Fsp3) is 0.500. The van der Waals surface area contributed by atoms with Crippen LogP contribution in [0.2, 0.25) is 0 Å². The molecular weight excluding hydrogens is 442 g/mol. The van der Waals surface area contributed by atoms with E-state index in [4.69, 9.17) is 0 Å². The van der Waals surface area contributed by atoms with Gasteiger partial charge in [-0.25, -0.2) is 8.42 Å². The van der Waals surface area contributed by atoms with E-state index >= 15 is 0 Å². The number of hydrogen-bond donors (Lipinski definition) is 1. The molecule has 4 rings (SSSR count). The number of nitro benzene ring substituents is 1. The third-order valence-corrected chi connectivity index (χ3v) is 8.71. The minimum absolute atomic E-state index is 0.0192. The normalized spacial score (nSPS) is 19.7. The maximum atomic E-state index is 13.1. The average Bonchev–Trinajstić information content (AvgIpc) is 3.14. The lowest BCUT2D eigenvalue weighted by atomic mass is 9.87. The Kier molecular flexibility index (Phi) is 7.31. The van der Waals surface area contributed by atoms with E-state index in [2.05, 4.69) is 0 Å². The molecule has 0 aromatic heterocycles. The molecule has 0 amide bonds. The van der Waals surface area contributed by atoms with Gasteiger partial charge in [-0.3, -0.25) is 10.1 Å². The van der Waals surface area contributed by atoms with Crippen LogP contribution in [-0.2, 0) is 10.0 Å². The largest absolute Gasteiger partial charge is 0.388 e. The zero-order valence-electron chi connectivity index (χ0n) is 18.7. The highest BCUT2D eigenvalue weighted by Crippen LogP contribution is 2.37. The number of nitro groups is 1. The molecule has 2 aromatic rings. The molecule has 0 bridgehead atoms. The molecule has 0 spiro atoms. The molecule has 8 nitrogen and oxygen atoms in total. The Balaban J connectivity index is 1.51. The van der Waals surface area contributed by atoms with Gasteiger partial charge in [-0.05, 0) is 49.3 Å². The van der Waals surface area contributed by atoms with Crippen LogP contribution in [0.1, 0.15) is 50.2 Å². The van der Waals surface area contributed by atoms with E-state index in [1.165, 1.54) is 16.4 Å². The Bertz CT molecular complexity index is 1060. The van der Waals surface area contributed by atoms with Crippen molar-refractivity contribution in [3.05, 3.63) is 64.2 Å². The monoisotopic (exact) mass is 473 g/mol. The van der Waals surface area contributed by atoms with Crippen LogP contribution in [0.3, 0.4) is 0 Å². The van der Waals surface area contributed by atoms with Gasteiger partial charge in [0.2, 0.25) is 10.0 Å². The summed E-state index contributed by atoms with van der Waals surface area (Å²) in [5.74, 6) is 0.0744. The van der Waals surface area contributed by atoms with Crippen molar-refractivity contribution in [3.8, 4) is 0 Å². The van der Waals surface area contributed by atoms with Crippen molar-refractivity contribution in [1.29, 1.82) is 0 Å². The fourth-order valence-corrected chi connectivity index (χ4v) is 6.42. The number of benzene rings is 2. The highest BCUT2D eigenvalue weighted by Gasteiger charge is 2.32. The first-order valence-electron chi connectivity index (χ1n) is 11.6. The zero-order chi connectivity index (χ0) is 23.4. The smallest absolute Gasteiger partial charge is 0.293 e. The second kappa shape index (κ2) is 10.2. The van der Waals surface area contributed by atoms with Crippen LogP contribution in [-0.4, -0.2) is 48.9 Å². The van der Waals surface area contributed by atoms with Crippen LogP contribution in [0.25, 0.3) is 0 Å². The standard InChI is InChI=1S/C24H31N3O5S/c28-24(19-8-4-3-5-9-19)20-12-16-25(17-13-20)22-11-10-21(18-23(22)27(29)30)33(31,32)26-14-6-1-2-7-15-26/h3-5,8-11,18,20,24,28H,1-2,6-7,12-17H2/t24-/m0/s1. The minimum Gasteiger partial charge on any atom is -0.388 e. The summed E-state index contributed by atoms with van der Waals surface area (Å²) in [4.78, 5) is 13.3. The second-order valence-electron chi connectivity index (χ2n) is 8.91. The Hall–Kier alpha value is -2.49. The summed E-state index contributed by atoms with van der Waals surface area (Å²) in [6.07, 6.45) is 4.44. The third kappa shape index (κ3) is 5.20. The van der Waals surface area contributed by atoms with E-state index in [1.54, 1.807) is 6.07 Å². The summed E-state index contributed by atoms with van der Waals surface area (Å²) >= 11 is 0. The molecule has 0 saturated carbocycles. The zero-order valence-corrected chi connectivity index (χ0v) is 19.5. The maximum absolute atomic E-state index is 13.1. The third-order valence-electron chi connectivity index (χ3n) is 6.81. The molecular formula is C24H31N3O5S. The molecule has 1 N–H and O–H groups in total. The van der Waals surface area contributed by atoms with Crippen molar-refractivity contribution in [2.75, 3.05) is 31.1 Å². The van der Waals surface area contributed by atoms with E-state index in [1.807, 2.05) is 35.2 Å². The number of aliphatic hydroxyl groups is 1. The number of aliphatic hydroxyl groups excluding tert-OH is 1. The summed E-state index contributed by atoms with van der Waals surface area (Å²) < 4.78 is 27.7. The maximum Gasteiger partial charge on any atom is 0.293 e. The van der Waals surface area contributed by atoms with E-state index in [9.17, 15) is 23.6 Å². The molecule has 0 unspecified atom stereocenters. The van der Waals surface area contributed by atoms with Crippen molar-refractivity contribution < 1.29 is 18.4 Å². The number of anilines is 1. The minimum atomic E-state index is -3.76. The Morgan fingerprint density at radius 3 is 2.18 bits per heavy atom. The van der Waals surface area contributed by atoms with E-state index in [0.29, 0.717) is 44.7 Å². The lowest BCUT2D eigenvalue weighted by molar-refractivity contribution is -0.384. The molecule has 0 aliphatic carbocycles. The van der Waals surface area contributed by atoms with Crippen molar-refractivity contribution in [2.45, 2.75) is 49.5 Å². The first kappa shape index (κ1) is 23.7. The molecule has 9 heteroatoms. The van der Waals surface area contributed by atoms with Gasteiger partial charge in [0.15, 0.2) is 0 Å². The lowest BCUT2D eigenvalue weighted by Gasteiger charge is -2.35. The van der Waals surface area contributed by atoms with Crippen LogP contribution >= 0.6 is 0 Å². The molecule has 33 heavy (non-hydrogen) atoms. The molecule has 2 aliphatic rings. The number of sulfonamides is 1. The van der Waals surface area contributed by atoms with E-state index in [-0.39, 0.29) is 16.5 Å². The molecule has 1 atom stereocenters. The molecule has 2 saturated heterocycles. The molecule has 2 heterocycles. The molecule has 2 aromatic carbocycles. The first-order valence-corrected chi connectivity index (χ1v) is 13.1. The highest BCUT2D eigenvalue weighted by molar-refractivity contribution is 7.89. The van der Waals surface area contributed by atoms with Crippen molar-refractivity contribution in [1.82, 2.24) is 4.31 Å². The van der Waals surface area contributed by atoms with Crippen LogP contribution in [0, 0.1) is 16.0 Å². The number of nitrogens with zero attached hydrogens (tertiary/aromatic N) is 3. The predicted octanol–water partition coefficient (Wildman–Crippen LogP) is 4.11. The second-order valence-corrected chi connectivity index (χ2v) is 10.8. The summed E-state index contributed by atoms with van der Waals surface area (Å²) in [5, 5.41) is 22.6. The van der Waals surface area contributed by atoms with Gasteiger partial charge in [0, 0.05) is 32.2 Å². The molecule has 2 fully saturated rings. The lowest BCUT2D eigenvalue weighted by Crippen LogP contribution is -2.36. The Labute approximate surface area is 195 Å². The average molecular weight is 474 g/mol. The van der Waals surface area contributed by atoms with E-state index in [0.717, 1.165) is 31.2 Å². The highest BCUT2D eigenvalue weighted by atomic mass is 32.2. The predicted molar refractivity (Wildman–Crippen MR) is 127 cm³/mol. The van der Waals surface area contributed by atoms with Crippen LogP contribution in [0.15, 0.2) is 53.4 Å². The van der Waals surface area contributed by atoms with Gasteiger partial charge in [-0.15, -0.1) is 0 Å². The quantitative estimate of drug-likeness (QED) is 0.500. The van der Waals surface area contributed by atoms with Crippen LogP contribution in [0.4, 0.5) is 11.4 Å². The van der Waals surface area contributed by atoms with Gasteiger partial charge in [0.1, 0.15) is 5.69 Å². The Morgan fingerprint density at radius 2 is 1.58 bits per heavy atom. The summed E-state index contributed by atoms with van der Waals surface area (Å²) in [5.41, 5.74) is 1.13. The molecule has 178 valence electrons. The van der Waals surface area contributed by atoms with Gasteiger partial charge < -0.3 is 10.0 Å². The number of rotatable bonds is 6. The number of hydrogen-bond acceptors (Lipinski definition) is 6. The Morgan fingerprint density at radius 1 is 0.939 bits per heavy atom. The van der Waals surface area contributed by atoms with Gasteiger partial charge in [-0.2, -0.15) is 4.31 Å². The van der Waals surface area contributed by atoms with Crippen LogP contribution < -0.4 is 4.90 Å². The van der Waals surface area contributed by atoms with Gasteiger partial charge >= 0.3 is 0 Å². The number of piperidine rings is 1. The summed E-state index contributed by atoms with van der Waals surface area (Å²) in [6.45, 7) is 2.03. The molecule has 0 radical (unpaired) electrons. The van der Waals surface area contributed by atoms with Crippen molar-refractivity contribution >= 4 is 21.4 Å². The van der Waals surface area contributed by atoms with Gasteiger partial charge in [-0.1, -0.05) is 43.2 Å². The summed E-state index contributed by atoms with van der Waals surface area (Å²) in [7, 11) is -3.76. The van der Waals surface area contributed by atoms with Crippen molar-refractivity contribution in [2.24, 2.45) is 5.92 Å². The topological polar surface area (TPSA) is 104 Å². The molecule has 2 aliphatic heterocycles. The van der Waals surface area contributed by atoms with Gasteiger partial charge in [0.25, 0.3) is 5.69 Å². The van der Waals surface area contributed by atoms with Crippen LogP contribution in [0.5, 0.6) is 0 Å². The SMILES string of the molecule is O=[N+]([O-])c1cc(S(=O)(=O)N2CCCCCC2)ccc1N1CCC([C@@H](O)c2ccccc2)CC1. The van der Waals surface area contributed by atoms with E-state index < -0.39 is 21.1 Å². The summed E-state index contributed by atoms with van der Waals surface area (Å²) in [6, 6.07) is 13.8.